The molecule has 0 aromatic carbocycles. The van der Waals surface area contributed by atoms with Gasteiger partial charge in [-0.3, -0.25) is 0 Å². The third kappa shape index (κ3) is 1.83. The predicted octanol–water partition coefficient (Wildman–Crippen LogP) is 2.32. The molecule has 8 heavy (non-hydrogen) atoms. The highest BCUT2D eigenvalue weighted by atomic mass is 79.9. The molecule has 0 aromatic rings. The Hall–Kier alpha value is -0.0300. The molecule has 0 amide bonds. The molecule has 0 aliphatic carbocycles. The summed E-state index contributed by atoms with van der Waals surface area (Å²) in [6.07, 6.45) is 0. The molecule has 1 unspecified atom stereocenters. The van der Waals surface area contributed by atoms with Crippen molar-refractivity contribution in [3.8, 4) is 6.07 Å². The Kier molecular flexibility index (Phi) is 2.49. The van der Waals surface area contributed by atoms with E-state index in [0.717, 1.165) is 0 Å². The van der Waals surface area contributed by atoms with Crippen LogP contribution >= 0.6 is 15.9 Å². The molecular formula is C6H10BrN. The Morgan fingerprint density at radius 1 is 1.62 bits per heavy atom. The van der Waals surface area contributed by atoms with E-state index in [1.54, 1.807) is 0 Å². The largest absolute Gasteiger partial charge is 0.197 e. The van der Waals surface area contributed by atoms with E-state index in [2.05, 4.69) is 22.0 Å². The fourth-order valence-electron chi connectivity index (χ4n) is 0.129. The lowest BCUT2D eigenvalue weighted by Gasteiger charge is -2.16. The molecule has 0 radical (unpaired) electrons. The highest BCUT2D eigenvalue weighted by Gasteiger charge is 2.23. The summed E-state index contributed by atoms with van der Waals surface area (Å²) in [5.41, 5.74) is 0. The summed E-state index contributed by atoms with van der Waals surface area (Å²) in [5, 5.41) is 8.47. The van der Waals surface area contributed by atoms with Crippen LogP contribution in [0.25, 0.3) is 0 Å². The smallest absolute Gasteiger partial charge is 0.111 e. The van der Waals surface area contributed by atoms with Crippen molar-refractivity contribution >= 4 is 15.9 Å². The van der Waals surface area contributed by atoms with Crippen LogP contribution in [0.4, 0.5) is 0 Å². The highest BCUT2D eigenvalue weighted by molar-refractivity contribution is 9.10. The Morgan fingerprint density at radius 3 is 2.00 bits per heavy atom. The maximum Gasteiger partial charge on any atom is 0.111 e. The standard InChI is InChI=1S/C6H10BrN/c1-5(2)6(3,7)4-8/h5H,1-3H3. The number of nitrogens with zero attached hydrogens (tertiary/aromatic N) is 1. The molecule has 0 heterocycles. The van der Waals surface area contributed by atoms with Gasteiger partial charge in [-0.15, -0.1) is 0 Å². The number of alkyl halides is 1. The van der Waals surface area contributed by atoms with Crippen LogP contribution in [0.3, 0.4) is 0 Å². The van der Waals surface area contributed by atoms with Crippen molar-refractivity contribution in [2.24, 2.45) is 5.92 Å². The number of nitriles is 1. The quantitative estimate of drug-likeness (QED) is 0.562. The van der Waals surface area contributed by atoms with Gasteiger partial charge in [0.15, 0.2) is 0 Å². The Morgan fingerprint density at radius 2 is 2.00 bits per heavy atom. The van der Waals surface area contributed by atoms with Crippen LogP contribution in [0.2, 0.25) is 0 Å². The van der Waals surface area contributed by atoms with Gasteiger partial charge < -0.3 is 0 Å². The van der Waals surface area contributed by atoms with Crippen molar-refractivity contribution < 1.29 is 0 Å². The van der Waals surface area contributed by atoms with Gasteiger partial charge in [0.05, 0.1) is 6.07 Å². The zero-order chi connectivity index (χ0) is 6.78. The average molecular weight is 176 g/mol. The zero-order valence-corrected chi connectivity index (χ0v) is 6.99. The van der Waals surface area contributed by atoms with Gasteiger partial charge in [0, 0.05) is 0 Å². The summed E-state index contributed by atoms with van der Waals surface area (Å²) >= 11 is 3.28. The van der Waals surface area contributed by atoms with Gasteiger partial charge in [0.1, 0.15) is 4.32 Å². The van der Waals surface area contributed by atoms with E-state index in [1.165, 1.54) is 0 Å². The number of hydrogen-bond acceptors (Lipinski definition) is 1. The monoisotopic (exact) mass is 175 g/mol. The number of hydrogen-bond donors (Lipinski definition) is 0. The molecule has 0 aromatic heterocycles. The average Bonchev–Trinajstić information content (AvgIpc) is 1.67. The van der Waals surface area contributed by atoms with E-state index in [-0.39, 0.29) is 4.32 Å². The first-order valence-corrected chi connectivity index (χ1v) is 3.40. The minimum atomic E-state index is -0.340. The van der Waals surface area contributed by atoms with Crippen LogP contribution in [-0.4, -0.2) is 4.32 Å². The van der Waals surface area contributed by atoms with E-state index >= 15 is 0 Å². The van der Waals surface area contributed by atoms with Crippen LogP contribution in [0, 0.1) is 17.2 Å². The Balaban J connectivity index is 3.97. The third-order valence-corrected chi connectivity index (χ3v) is 2.40. The maximum atomic E-state index is 8.47. The van der Waals surface area contributed by atoms with Crippen LogP contribution in [0.15, 0.2) is 0 Å². The van der Waals surface area contributed by atoms with Crippen molar-refractivity contribution in [2.75, 3.05) is 0 Å². The summed E-state index contributed by atoms with van der Waals surface area (Å²) < 4.78 is -0.340. The van der Waals surface area contributed by atoms with E-state index in [0.29, 0.717) is 5.92 Å². The molecule has 0 saturated heterocycles. The first kappa shape index (κ1) is 7.97. The second-order valence-corrected chi connectivity index (χ2v) is 3.99. The second kappa shape index (κ2) is 2.50. The molecule has 0 N–H and O–H groups in total. The van der Waals surface area contributed by atoms with Gasteiger partial charge in [0.2, 0.25) is 0 Å². The molecule has 0 bridgehead atoms. The van der Waals surface area contributed by atoms with E-state index in [4.69, 9.17) is 5.26 Å². The molecule has 0 spiro atoms. The van der Waals surface area contributed by atoms with Gasteiger partial charge in [-0.1, -0.05) is 29.8 Å². The second-order valence-electron chi connectivity index (χ2n) is 2.34. The minimum Gasteiger partial charge on any atom is -0.197 e. The van der Waals surface area contributed by atoms with Crippen molar-refractivity contribution in [1.29, 1.82) is 5.26 Å². The van der Waals surface area contributed by atoms with Gasteiger partial charge >= 0.3 is 0 Å². The van der Waals surface area contributed by atoms with Gasteiger partial charge in [-0.05, 0) is 12.8 Å². The molecule has 0 saturated carbocycles. The molecular weight excluding hydrogens is 166 g/mol. The molecule has 0 rings (SSSR count). The summed E-state index contributed by atoms with van der Waals surface area (Å²) in [5.74, 6) is 0.368. The molecule has 46 valence electrons. The van der Waals surface area contributed by atoms with Crippen LogP contribution in [0.5, 0.6) is 0 Å². The summed E-state index contributed by atoms with van der Waals surface area (Å²) in [4.78, 5) is 0. The zero-order valence-electron chi connectivity index (χ0n) is 5.40. The lowest BCUT2D eigenvalue weighted by molar-refractivity contribution is 0.567. The van der Waals surface area contributed by atoms with Crippen molar-refractivity contribution in [2.45, 2.75) is 25.1 Å². The lowest BCUT2D eigenvalue weighted by atomic mass is 10.00. The predicted molar refractivity (Wildman–Crippen MR) is 37.8 cm³/mol. The van der Waals surface area contributed by atoms with Crippen LogP contribution in [-0.2, 0) is 0 Å². The van der Waals surface area contributed by atoms with Crippen molar-refractivity contribution in [3.05, 3.63) is 0 Å². The topological polar surface area (TPSA) is 23.8 Å². The first-order valence-electron chi connectivity index (χ1n) is 2.61. The maximum absolute atomic E-state index is 8.47. The highest BCUT2D eigenvalue weighted by Crippen LogP contribution is 2.25. The Labute approximate surface area is 58.8 Å². The van der Waals surface area contributed by atoms with Crippen LogP contribution < -0.4 is 0 Å². The molecule has 0 aliphatic rings. The fraction of sp³-hybridized carbons (Fsp3) is 0.833. The molecule has 0 fully saturated rings. The fourth-order valence-corrected chi connectivity index (χ4v) is 0.129. The third-order valence-electron chi connectivity index (χ3n) is 1.30. The minimum absolute atomic E-state index is 0.340. The first-order chi connectivity index (χ1) is 3.50. The lowest BCUT2D eigenvalue weighted by Crippen LogP contribution is -2.19. The van der Waals surface area contributed by atoms with E-state index < -0.39 is 0 Å². The normalized spacial score (nSPS) is 17.5. The molecule has 1 nitrogen and oxygen atoms in total. The Bertz CT molecular complexity index is 110. The summed E-state index contributed by atoms with van der Waals surface area (Å²) in [7, 11) is 0. The van der Waals surface area contributed by atoms with Gasteiger partial charge in [0.25, 0.3) is 0 Å². The molecule has 2 heteroatoms. The van der Waals surface area contributed by atoms with Crippen LogP contribution in [0.1, 0.15) is 20.8 Å². The van der Waals surface area contributed by atoms with Crippen molar-refractivity contribution in [1.82, 2.24) is 0 Å². The number of rotatable bonds is 1. The van der Waals surface area contributed by atoms with E-state index in [1.807, 2.05) is 20.8 Å². The van der Waals surface area contributed by atoms with Crippen molar-refractivity contribution in [3.63, 3.8) is 0 Å². The van der Waals surface area contributed by atoms with Gasteiger partial charge in [-0.2, -0.15) is 5.26 Å². The molecule has 0 aliphatic heterocycles. The van der Waals surface area contributed by atoms with E-state index in [9.17, 15) is 0 Å². The SMILES string of the molecule is CC(C)C(C)(Br)C#N. The summed E-state index contributed by atoms with van der Waals surface area (Å²) in [6, 6.07) is 2.16. The summed E-state index contributed by atoms with van der Waals surface area (Å²) in [6.45, 7) is 5.90. The van der Waals surface area contributed by atoms with Gasteiger partial charge in [-0.25, -0.2) is 0 Å². The molecule has 1 atom stereocenters. The number of halogens is 1.